The van der Waals surface area contributed by atoms with Crippen molar-refractivity contribution in [2.24, 2.45) is 0 Å². The summed E-state index contributed by atoms with van der Waals surface area (Å²) in [5, 5.41) is 0. The third-order valence-electron chi connectivity index (χ3n) is 7.24. The Morgan fingerprint density at radius 3 is 1.94 bits per heavy atom. The van der Waals surface area contributed by atoms with Gasteiger partial charge in [0.1, 0.15) is 5.75 Å². The number of hydrogen-bond donors (Lipinski definition) is 0. The Bertz CT molecular complexity index is 1330. The number of aryl methyl sites for hydroxylation is 2. The van der Waals surface area contributed by atoms with Crippen LogP contribution in [0.5, 0.6) is 5.75 Å². The molecule has 2 amide bonds. The molecule has 0 aliphatic carbocycles. The van der Waals surface area contributed by atoms with Gasteiger partial charge in [0.2, 0.25) is 11.5 Å². The Kier molecular flexibility index (Phi) is 3.26. The van der Waals surface area contributed by atoms with Gasteiger partial charge in [-0.1, -0.05) is 54.6 Å². The highest BCUT2D eigenvalue weighted by atomic mass is 16.5. The van der Waals surface area contributed by atoms with Crippen LogP contribution in [0, 0.1) is 13.8 Å². The lowest BCUT2D eigenvalue weighted by atomic mass is 9.62. The summed E-state index contributed by atoms with van der Waals surface area (Å²) >= 11 is 0. The Labute approximate surface area is 180 Å². The quantitative estimate of drug-likeness (QED) is 0.566. The average Bonchev–Trinajstić information content (AvgIpc) is 3.28. The molecule has 2 unspecified atom stereocenters. The molecule has 0 fully saturated rings. The maximum atomic E-state index is 14.3. The molecule has 0 saturated carbocycles. The number of hydrogen-bond acceptors (Lipinski definition) is 3. The lowest BCUT2D eigenvalue weighted by Crippen LogP contribution is -2.59. The maximum Gasteiger partial charge on any atom is 0.277 e. The fraction of sp³-hybridized carbons (Fsp3) is 0.231. The molecule has 3 aliphatic rings. The first-order valence-corrected chi connectivity index (χ1v) is 10.4. The Morgan fingerprint density at radius 1 is 0.677 bits per heavy atom. The number of para-hydroxylation sites is 3. The van der Waals surface area contributed by atoms with Gasteiger partial charge in [0.25, 0.3) is 5.91 Å². The smallest absolute Gasteiger partial charge is 0.277 e. The van der Waals surface area contributed by atoms with Crippen LogP contribution in [0.15, 0.2) is 60.7 Å². The van der Waals surface area contributed by atoms with Crippen LogP contribution in [0.1, 0.15) is 27.8 Å². The van der Waals surface area contributed by atoms with Gasteiger partial charge >= 0.3 is 0 Å². The zero-order valence-corrected chi connectivity index (χ0v) is 17.9. The van der Waals surface area contributed by atoms with E-state index in [2.05, 4.69) is 0 Å². The van der Waals surface area contributed by atoms with Gasteiger partial charge in [-0.25, -0.2) is 0 Å². The summed E-state index contributed by atoms with van der Waals surface area (Å²) in [4.78, 5) is 31.8. The molecule has 0 bridgehead atoms. The number of benzene rings is 3. The van der Waals surface area contributed by atoms with E-state index >= 15 is 0 Å². The Balaban J connectivity index is 1.83. The molecule has 5 nitrogen and oxygen atoms in total. The van der Waals surface area contributed by atoms with Crippen LogP contribution in [0.3, 0.4) is 0 Å². The van der Waals surface area contributed by atoms with Crippen molar-refractivity contribution in [2.75, 3.05) is 23.9 Å². The summed E-state index contributed by atoms with van der Waals surface area (Å²) in [6, 6.07) is 19.3. The number of nitrogens with zero attached hydrogens (tertiary/aromatic N) is 2. The highest BCUT2D eigenvalue weighted by Gasteiger charge is 2.76. The van der Waals surface area contributed by atoms with Crippen molar-refractivity contribution in [3.63, 3.8) is 0 Å². The van der Waals surface area contributed by atoms with E-state index in [1.54, 1.807) is 23.9 Å². The summed E-state index contributed by atoms with van der Waals surface area (Å²) in [5.74, 6) is 0.219. The molecule has 3 aromatic carbocycles. The Hall–Kier alpha value is -3.60. The minimum absolute atomic E-state index is 0.141. The molecule has 0 aromatic heterocycles. The molecule has 0 radical (unpaired) electrons. The van der Waals surface area contributed by atoms with Crippen LogP contribution >= 0.6 is 0 Å². The van der Waals surface area contributed by atoms with Crippen molar-refractivity contribution >= 4 is 23.2 Å². The first-order valence-electron chi connectivity index (χ1n) is 10.4. The van der Waals surface area contributed by atoms with Gasteiger partial charge in [-0.2, -0.15) is 0 Å². The van der Waals surface area contributed by atoms with Gasteiger partial charge in [-0.3, -0.25) is 9.59 Å². The van der Waals surface area contributed by atoms with Crippen molar-refractivity contribution in [3.05, 3.63) is 88.5 Å². The molecule has 3 aromatic rings. The van der Waals surface area contributed by atoms with Crippen LogP contribution < -0.4 is 14.5 Å². The van der Waals surface area contributed by atoms with E-state index in [1.807, 2.05) is 74.5 Å². The van der Waals surface area contributed by atoms with E-state index in [1.165, 1.54) is 0 Å². The lowest BCUT2D eigenvalue weighted by Gasteiger charge is -2.37. The van der Waals surface area contributed by atoms with Crippen LogP contribution in [-0.2, 0) is 20.6 Å². The first kappa shape index (κ1) is 18.2. The third kappa shape index (κ3) is 1.73. The van der Waals surface area contributed by atoms with Crippen LogP contribution in [0.2, 0.25) is 0 Å². The zero-order chi connectivity index (χ0) is 21.7. The highest BCUT2D eigenvalue weighted by molar-refractivity contribution is 6.21. The SMILES string of the molecule is Cc1cccc2c1N(C)C(=O)C21Oc2ccccc2C12C(=O)N(C)c1c(C)cccc12. The maximum absolute atomic E-state index is 14.3. The molecular formula is C26H22N2O3. The molecule has 2 atom stereocenters. The van der Waals surface area contributed by atoms with Crippen molar-refractivity contribution in [2.45, 2.75) is 24.9 Å². The van der Waals surface area contributed by atoms with Crippen LogP contribution in [0.25, 0.3) is 0 Å². The fourth-order valence-electron chi connectivity index (χ4n) is 6.07. The lowest BCUT2D eigenvalue weighted by molar-refractivity contribution is -0.142. The molecule has 5 heteroatoms. The standard InChI is InChI=1S/C26H22N2O3/c1-15-9-7-12-18-21(15)27(3)23(29)25(18)17-11-5-6-14-20(17)31-26(25)19-13-8-10-16(2)22(19)28(4)24(26)30/h5-14H,1-4H3. The molecule has 6 rings (SSSR count). The highest BCUT2D eigenvalue weighted by Crippen LogP contribution is 2.66. The monoisotopic (exact) mass is 410 g/mol. The molecule has 2 spiro atoms. The van der Waals surface area contributed by atoms with Crippen molar-refractivity contribution in [1.29, 1.82) is 0 Å². The number of carbonyl (C=O) groups excluding carboxylic acids is 2. The van der Waals surface area contributed by atoms with Crippen LogP contribution in [-0.4, -0.2) is 25.9 Å². The number of ether oxygens (including phenoxy) is 1. The predicted molar refractivity (Wildman–Crippen MR) is 119 cm³/mol. The van der Waals surface area contributed by atoms with E-state index < -0.39 is 11.0 Å². The normalized spacial score (nSPS) is 25.3. The number of fused-ring (bicyclic) bond motifs is 7. The van der Waals surface area contributed by atoms with Crippen molar-refractivity contribution in [3.8, 4) is 5.75 Å². The zero-order valence-electron chi connectivity index (χ0n) is 17.9. The molecule has 0 N–H and O–H groups in total. The van der Waals surface area contributed by atoms with E-state index in [0.717, 1.165) is 39.2 Å². The van der Waals surface area contributed by atoms with E-state index in [0.29, 0.717) is 5.75 Å². The van der Waals surface area contributed by atoms with E-state index in [4.69, 9.17) is 4.74 Å². The summed E-state index contributed by atoms with van der Waals surface area (Å²) in [6.07, 6.45) is 0. The number of carbonyl (C=O) groups is 2. The average molecular weight is 410 g/mol. The van der Waals surface area contributed by atoms with Gasteiger partial charge in [0, 0.05) is 30.8 Å². The largest absolute Gasteiger partial charge is 0.470 e. The second-order valence-corrected chi connectivity index (χ2v) is 8.70. The van der Waals surface area contributed by atoms with Crippen molar-refractivity contribution < 1.29 is 14.3 Å². The van der Waals surface area contributed by atoms with Gasteiger partial charge in [0.05, 0.1) is 11.4 Å². The predicted octanol–water partition coefficient (Wildman–Crippen LogP) is 3.83. The first-order chi connectivity index (χ1) is 14.9. The summed E-state index contributed by atoms with van der Waals surface area (Å²) in [7, 11) is 3.56. The number of anilines is 2. The molecule has 3 heterocycles. The van der Waals surface area contributed by atoms with E-state index in [9.17, 15) is 9.59 Å². The summed E-state index contributed by atoms with van der Waals surface area (Å²) in [5.41, 5.74) is 3.17. The second kappa shape index (κ2) is 5.55. The topological polar surface area (TPSA) is 49.9 Å². The van der Waals surface area contributed by atoms with Crippen molar-refractivity contribution in [1.82, 2.24) is 0 Å². The van der Waals surface area contributed by atoms with Gasteiger partial charge in [-0.15, -0.1) is 0 Å². The molecule has 0 saturated heterocycles. The number of rotatable bonds is 0. The Morgan fingerprint density at radius 2 is 1.23 bits per heavy atom. The molecule has 154 valence electrons. The number of likely N-dealkylation sites (N-methyl/N-ethyl adjacent to an activating group) is 2. The van der Waals surface area contributed by atoms with E-state index in [-0.39, 0.29) is 11.8 Å². The molecule has 3 aliphatic heterocycles. The minimum Gasteiger partial charge on any atom is -0.470 e. The molecule has 31 heavy (non-hydrogen) atoms. The second-order valence-electron chi connectivity index (χ2n) is 8.70. The van der Waals surface area contributed by atoms with Gasteiger partial charge < -0.3 is 14.5 Å². The van der Waals surface area contributed by atoms with Gasteiger partial charge in [0.15, 0.2) is 5.41 Å². The summed E-state index contributed by atoms with van der Waals surface area (Å²) < 4.78 is 6.63. The van der Waals surface area contributed by atoms with Crippen LogP contribution in [0.4, 0.5) is 11.4 Å². The summed E-state index contributed by atoms with van der Waals surface area (Å²) in [6.45, 7) is 3.98. The minimum atomic E-state index is -1.49. The van der Waals surface area contributed by atoms with Gasteiger partial charge in [-0.05, 0) is 31.0 Å². The number of amides is 2. The fourth-order valence-corrected chi connectivity index (χ4v) is 6.07. The third-order valence-corrected chi connectivity index (χ3v) is 7.24. The molecular weight excluding hydrogens is 388 g/mol.